The molecule has 6 nitrogen and oxygen atoms in total. The number of ether oxygens (including phenoxy) is 1. The van der Waals surface area contributed by atoms with Crippen LogP contribution >= 0.6 is 0 Å². The van der Waals surface area contributed by atoms with Crippen LogP contribution in [0.25, 0.3) is 0 Å². The fourth-order valence-corrected chi connectivity index (χ4v) is 3.55. The number of hydrogen-bond acceptors (Lipinski definition) is 5. The number of phenols is 1. The Labute approximate surface area is 136 Å². The summed E-state index contributed by atoms with van der Waals surface area (Å²) in [5.74, 6) is 0.0628. The topological polar surface area (TPSA) is 82.0 Å². The van der Waals surface area contributed by atoms with Gasteiger partial charge in [0.2, 0.25) is 5.91 Å². The Hall–Kier alpha value is -1.63. The van der Waals surface area contributed by atoms with Crippen LogP contribution in [0.2, 0.25) is 0 Å². The van der Waals surface area contributed by atoms with Gasteiger partial charge in [0.15, 0.2) is 6.29 Å². The van der Waals surface area contributed by atoms with E-state index < -0.39 is 6.29 Å². The van der Waals surface area contributed by atoms with Crippen molar-refractivity contribution >= 4 is 11.6 Å². The van der Waals surface area contributed by atoms with Crippen molar-refractivity contribution in [1.29, 1.82) is 0 Å². The van der Waals surface area contributed by atoms with E-state index in [0.717, 1.165) is 30.5 Å². The van der Waals surface area contributed by atoms with E-state index >= 15 is 0 Å². The lowest BCUT2D eigenvalue weighted by atomic mass is 9.89. The lowest BCUT2D eigenvalue weighted by Crippen LogP contribution is -2.44. The normalized spacial score (nSPS) is 23.2. The first-order valence-corrected chi connectivity index (χ1v) is 8.28. The van der Waals surface area contributed by atoms with Gasteiger partial charge in [0.25, 0.3) is 0 Å². The summed E-state index contributed by atoms with van der Waals surface area (Å²) in [7, 11) is 0. The van der Waals surface area contributed by atoms with Gasteiger partial charge in [0.05, 0.1) is 12.3 Å². The molecule has 2 unspecified atom stereocenters. The third kappa shape index (κ3) is 3.34. The van der Waals surface area contributed by atoms with E-state index in [9.17, 15) is 15.0 Å². The number of carbonyl (C=O) groups excluding carboxylic acids is 1. The van der Waals surface area contributed by atoms with E-state index in [0.29, 0.717) is 31.7 Å². The highest BCUT2D eigenvalue weighted by atomic mass is 16.6. The maximum Gasteiger partial charge on any atom is 0.224 e. The summed E-state index contributed by atoms with van der Waals surface area (Å²) in [6, 6.07) is 3.76. The second kappa shape index (κ2) is 6.86. The predicted molar refractivity (Wildman–Crippen MR) is 86.2 cm³/mol. The van der Waals surface area contributed by atoms with Gasteiger partial charge in [-0.25, -0.2) is 0 Å². The fraction of sp³-hybridized carbons (Fsp3) is 0.588. The number of amides is 1. The minimum Gasteiger partial charge on any atom is -0.506 e. The molecule has 1 aromatic carbocycles. The first kappa shape index (κ1) is 16.2. The molecule has 0 saturated carbocycles. The number of nitrogens with zero attached hydrogens (tertiary/aromatic N) is 1. The Balaban J connectivity index is 1.96. The van der Waals surface area contributed by atoms with Crippen molar-refractivity contribution in [2.24, 2.45) is 0 Å². The number of aliphatic hydroxyl groups is 1. The largest absolute Gasteiger partial charge is 0.506 e. The highest BCUT2D eigenvalue weighted by molar-refractivity contribution is 5.96. The van der Waals surface area contributed by atoms with Crippen molar-refractivity contribution in [2.75, 3.05) is 25.0 Å². The number of β-amino-alcohol motifs (C(OH)–C–C–N with tert-alkyl or cyclic N) is 1. The van der Waals surface area contributed by atoms with Gasteiger partial charge in [-0.15, -0.1) is 0 Å². The van der Waals surface area contributed by atoms with E-state index in [4.69, 9.17) is 4.74 Å². The smallest absolute Gasteiger partial charge is 0.224 e. The van der Waals surface area contributed by atoms with E-state index in [1.807, 2.05) is 6.07 Å². The maximum absolute atomic E-state index is 11.6. The number of morpholine rings is 1. The van der Waals surface area contributed by atoms with Crippen LogP contribution in [0.4, 0.5) is 5.69 Å². The lowest BCUT2D eigenvalue weighted by Gasteiger charge is -2.38. The Morgan fingerprint density at radius 3 is 3.00 bits per heavy atom. The molecule has 0 aliphatic carbocycles. The number of carbonyl (C=O) groups is 1. The molecule has 23 heavy (non-hydrogen) atoms. The van der Waals surface area contributed by atoms with Crippen molar-refractivity contribution in [3.63, 3.8) is 0 Å². The van der Waals surface area contributed by atoms with Crippen LogP contribution in [0.5, 0.6) is 5.75 Å². The molecule has 1 amide bonds. The number of fused-ring (bicyclic) bond motifs is 1. The molecular weight excluding hydrogens is 296 g/mol. The molecule has 6 heteroatoms. The number of benzene rings is 1. The summed E-state index contributed by atoms with van der Waals surface area (Å²) in [6.07, 6.45) is 2.29. The van der Waals surface area contributed by atoms with E-state index in [1.165, 1.54) is 0 Å². The second-order valence-electron chi connectivity index (χ2n) is 6.20. The van der Waals surface area contributed by atoms with Gasteiger partial charge in [-0.1, -0.05) is 19.4 Å². The molecule has 0 spiro atoms. The Morgan fingerprint density at radius 2 is 2.26 bits per heavy atom. The predicted octanol–water partition coefficient (Wildman–Crippen LogP) is 1.77. The highest BCUT2D eigenvalue weighted by Gasteiger charge is 2.30. The van der Waals surface area contributed by atoms with Crippen LogP contribution < -0.4 is 5.32 Å². The minimum atomic E-state index is -0.754. The van der Waals surface area contributed by atoms with E-state index in [1.54, 1.807) is 6.07 Å². The molecule has 2 atom stereocenters. The highest BCUT2D eigenvalue weighted by Crippen LogP contribution is 2.39. The molecule has 1 saturated heterocycles. The van der Waals surface area contributed by atoms with Crippen LogP contribution in [-0.4, -0.2) is 47.0 Å². The zero-order chi connectivity index (χ0) is 16.4. The van der Waals surface area contributed by atoms with E-state index in [-0.39, 0.29) is 17.7 Å². The van der Waals surface area contributed by atoms with Crippen LogP contribution in [0.1, 0.15) is 43.4 Å². The third-order valence-electron chi connectivity index (χ3n) is 4.63. The van der Waals surface area contributed by atoms with Gasteiger partial charge in [-0.05, 0) is 30.0 Å². The molecule has 3 rings (SSSR count). The van der Waals surface area contributed by atoms with Crippen molar-refractivity contribution in [2.45, 2.75) is 44.9 Å². The van der Waals surface area contributed by atoms with Gasteiger partial charge in [-0.2, -0.15) is 0 Å². The number of anilines is 1. The molecule has 2 heterocycles. The number of aromatic hydroxyl groups is 1. The number of aliphatic hydroxyl groups excluding tert-OH is 1. The summed E-state index contributed by atoms with van der Waals surface area (Å²) in [4.78, 5) is 13.9. The Morgan fingerprint density at radius 1 is 1.43 bits per heavy atom. The zero-order valence-corrected chi connectivity index (χ0v) is 13.4. The molecule has 1 fully saturated rings. The fourth-order valence-electron chi connectivity index (χ4n) is 3.55. The number of rotatable bonds is 4. The first-order valence-electron chi connectivity index (χ1n) is 8.28. The molecule has 0 aromatic heterocycles. The first-order chi connectivity index (χ1) is 11.1. The van der Waals surface area contributed by atoms with Gasteiger partial charge >= 0.3 is 0 Å². The van der Waals surface area contributed by atoms with Crippen LogP contribution in [0.3, 0.4) is 0 Å². The summed E-state index contributed by atoms with van der Waals surface area (Å²) in [5.41, 5.74) is 2.70. The minimum absolute atomic E-state index is 0.0567. The van der Waals surface area contributed by atoms with Crippen LogP contribution in [-0.2, 0) is 16.0 Å². The van der Waals surface area contributed by atoms with Gasteiger partial charge in [0, 0.05) is 25.6 Å². The monoisotopic (exact) mass is 320 g/mol. The van der Waals surface area contributed by atoms with Crippen LogP contribution in [0.15, 0.2) is 12.1 Å². The molecule has 126 valence electrons. The van der Waals surface area contributed by atoms with Gasteiger partial charge in [-0.3, -0.25) is 9.69 Å². The molecule has 1 aromatic rings. The average Bonchev–Trinajstić information content (AvgIpc) is 2.54. The maximum atomic E-state index is 11.6. The number of phenolic OH excluding ortho intramolecular Hbond substituents is 1. The van der Waals surface area contributed by atoms with Gasteiger partial charge in [0.1, 0.15) is 5.75 Å². The second-order valence-corrected chi connectivity index (χ2v) is 6.20. The summed E-state index contributed by atoms with van der Waals surface area (Å²) in [5, 5.41) is 22.7. The standard InChI is InChI=1S/C17H24N2O4/c1-2-3-13(19-8-9-23-16(22)10-19)11-4-6-14(20)17-12(11)5-7-15(21)18-17/h4,6,13,16,20,22H,2-3,5,7-10H2,1H3,(H,18,21). The molecule has 0 radical (unpaired) electrons. The molecule has 2 aliphatic rings. The SMILES string of the molecule is CCCC(c1ccc(O)c2c1CCC(=O)N2)N1CCOC(O)C1. The van der Waals surface area contributed by atoms with Crippen molar-refractivity contribution in [3.8, 4) is 5.75 Å². The molecule has 3 N–H and O–H groups in total. The van der Waals surface area contributed by atoms with Gasteiger partial charge < -0.3 is 20.3 Å². The summed E-state index contributed by atoms with van der Waals surface area (Å²) >= 11 is 0. The quantitative estimate of drug-likeness (QED) is 0.737. The number of hydrogen-bond donors (Lipinski definition) is 3. The van der Waals surface area contributed by atoms with Crippen molar-refractivity contribution in [3.05, 3.63) is 23.3 Å². The Bertz CT molecular complexity index is 590. The summed E-state index contributed by atoms with van der Waals surface area (Å²) < 4.78 is 5.23. The average molecular weight is 320 g/mol. The van der Waals surface area contributed by atoms with Crippen molar-refractivity contribution in [1.82, 2.24) is 4.90 Å². The van der Waals surface area contributed by atoms with Crippen LogP contribution in [0, 0.1) is 0 Å². The van der Waals surface area contributed by atoms with Crippen molar-refractivity contribution < 1.29 is 19.7 Å². The number of nitrogens with one attached hydrogen (secondary N) is 1. The molecule has 0 bridgehead atoms. The zero-order valence-electron chi connectivity index (χ0n) is 13.4. The third-order valence-corrected chi connectivity index (χ3v) is 4.63. The van der Waals surface area contributed by atoms with E-state index in [2.05, 4.69) is 17.1 Å². The molecular formula is C17H24N2O4. The molecule has 2 aliphatic heterocycles. The summed E-state index contributed by atoms with van der Waals surface area (Å²) in [6.45, 7) is 3.90. The Kier molecular flexibility index (Phi) is 4.84. The lowest BCUT2D eigenvalue weighted by molar-refractivity contribution is -0.154.